The lowest BCUT2D eigenvalue weighted by atomic mass is 10.3. The van der Waals surface area contributed by atoms with Gasteiger partial charge in [-0.25, -0.2) is 21.2 Å². The lowest BCUT2D eigenvalue weighted by Crippen LogP contribution is -2.37. The highest BCUT2D eigenvalue weighted by Gasteiger charge is 2.21. The van der Waals surface area contributed by atoms with Crippen molar-refractivity contribution in [3.05, 3.63) is 83.1 Å². The van der Waals surface area contributed by atoms with Crippen LogP contribution in [0.3, 0.4) is 0 Å². The molecule has 0 aliphatic heterocycles. The van der Waals surface area contributed by atoms with Crippen molar-refractivity contribution in [2.24, 2.45) is 0 Å². The third-order valence-electron chi connectivity index (χ3n) is 4.35. The predicted octanol–water partition coefficient (Wildman–Crippen LogP) is 3.79. The summed E-state index contributed by atoms with van der Waals surface area (Å²) < 4.78 is 66.5. The first-order valence-electron chi connectivity index (χ1n) is 9.36. The molecule has 0 heterocycles. The van der Waals surface area contributed by atoms with E-state index in [1.54, 1.807) is 24.3 Å². The molecule has 0 aliphatic carbocycles. The van der Waals surface area contributed by atoms with Gasteiger partial charge in [0.15, 0.2) is 0 Å². The van der Waals surface area contributed by atoms with Crippen LogP contribution in [0, 0.1) is 5.82 Å². The highest BCUT2D eigenvalue weighted by Crippen LogP contribution is 2.21. The van der Waals surface area contributed by atoms with E-state index >= 15 is 0 Å². The van der Waals surface area contributed by atoms with Gasteiger partial charge in [0.1, 0.15) is 12.4 Å². The van der Waals surface area contributed by atoms with Crippen LogP contribution >= 0.6 is 15.9 Å². The molecule has 0 aromatic heterocycles. The number of hydrogen-bond acceptors (Lipinski definition) is 5. The minimum absolute atomic E-state index is 0.0208. The summed E-state index contributed by atoms with van der Waals surface area (Å²) >= 11 is 3.28. The Hall–Kier alpha value is -2.96. The molecule has 1 amide bonds. The summed E-state index contributed by atoms with van der Waals surface area (Å²) in [6, 6.07) is 16.7. The van der Waals surface area contributed by atoms with Crippen molar-refractivity contribution in [2.75, 3.05) is 27.1 Å². The molecular weight excluding hydrogens is 537 g/mol. The van der Waals surface area contributed by atoms with Gasteiger partial charge in [0.2, 0.25) is 15.9 Å². The van der Waals surface area contributed by atoms with Gasteiger partial charge in [0.05, 0.1) is 16.8 Å². The van der Waals surface area contributed by atoms with E-state index in [0.717, 1.165) is 27.2 Å². The van der Waals surface area contributed by atoms with E-state index in [1.165, 1.54) is 36.4 Å². The van der Waals surface area contributed by atoms with Gasteiger partial charge in [-0.2, -0.15) is 0 Å². The molecule has 0 spiro atoms. The van der Waals surface area contributed by atoms with E-state index in [9.17, 15) is 26.0 Å². The van der Waals surface area contributed by atoms with E-state index in [1.807, 2.05) is 0 Å². The van der Waals surface area contributed by atoms with Crippen LogP contribution in [-0.2, 0) is 24.8 Å². The number of carbonyl (C=O) groups is 1. The summed E-state index contributed by atoms with van der Waals surface area (Å²) in [5.41, 5.74) is 0.793. The smallest absolute Gasteiger partial charge is 0.261 e. The maximum atomic E-state index is 13.2. The van der Waals surface area contributed by atoms with Crippen molar-refractivity contribution in [3.8, 4) is 0 Å². The second-order valence-electron chi connectivity index (χ2n) is 6.93. The average Bonchev–Trinajstić information content (AvgIpc) is 2.74. The summed E-state index contributed by atoms with van der Waals surface area (Å²) in [7, 11) is -7.66. The number of carbonyl (C=O) groups excluding carboxylic acids is 1. The number of nitrogens with zero attached hydrogens (tertiary/aromatic N) is 1. The maximum absolute atomic E-state index is 13.2. The maximum Gasteiger partial charge on any atom is 0.261 e. The van der Waals surface area contributed by atoms with Gasteiger partial charge in [-0.1, -0.05) is 15.9 Å². The Morgan fingerprint density at radius 1 is 0.879 bits per heavy atom. The van der Waals surface area contributed by atoms with Gasteiger partial charge < -0.3 is 5.32 Å². The Morgan fingerprint density at radius 2 is 1.42 bits per heavy atom. The molecule has 12 heteroatoms. The number of hydrogen-bond donors (Lipinski definition) is 2. The molecule has 8 nitrogen and oxygen atoms in total. The number of nitrogens with one attached hydrogen (secondary N) is 2. The molecule has 3 aromatic carbocycles. The summed E-state index contributed by atoms with van der Waals surface area (Å²) in [5, 5.41) is 2.52. The highest BCUT2D eigenvalue weighted by molar-refractivity contribution is 9.10. The van der Waals surface area contributed by atoms with Gasteiger partial charge >= 0.3 is 0 Å². The van der Waals surface area contributed by atoms with Crippen LogP contribution in [0.2, 0.25) is 0 Å². The molecule has 0 saturated heterocycles. The second-order valence-corrected chi connectivity index (χ2v) is 11.4. The first kappa shape index (κ1) is 24.7. The SMILES string of the molecule is CS(=O)(=O)N(CC(=O)Nc1ccc(S(=O)(=O)Nc2ccc(Br)cc2)cc1)c1ccc(F)cc1. The Kier molecular flexibility index (Phi) is 7.40. The molecule has 0 fully saturated rings. The van der Waals surface area contributed by atoms with Crippen LogP contribution in [0.15, 0.2) is 82.2 Å². The fraction of sp³-hybridized carbons (Fsp3) is 0.0952. The molecule has 33 heavy (non-hydrogen) atoms. The minimum Gasteiger partial charge on any atom is -0.325 e. The van der Waals surface area contributed by atoms with E-state index < -0.39 is 38.3 Å². The molecule has 0 unspecified atom stereocenters. The third kappa shape index (κ3) is 6.76. The second kappa shape index (κ2) is 9.89. The average molecular weight is 556 g/mol. The van der Waals surface area contributed by atoms with Crippen LogP contribution < -0.4 is 14.3 Å². The van der Waals surface area contributed by atoms with Crippen molar-refractivity contribution >= 4 is 58.9 Å². The lowest BCUT2D eigenvalue weighted by molar-refractivity contribution is -0.114. The van der Waals surface area contributed by atoms with Crippen molar-refractivity contribution in [1.29, 1.82) is 0 Å². The molecule has 0 atom stereocenters. The van der Waals surface area contributed by atoms with E-state index in [2.05, 4.69) is 26.0 Å². The van der Waals surface area contributed by atoms with Crippen LogP contribution in [0.25, 0.3) is 0 Å². The van der Waals surface area contributed by atoms with E-state index in [4.69, 9.17) is 0 Å². The monoisotopic (exact) mass is 555 g/mol. The Morgan fingerprint density at radius 3 is 1.97 bits per heavy atom. The zero-order valence-electron chi connectivity index (χ0n) is 17.2. The molecule has 2 N–H and O–H groups in total. The number of benzene rings is 3. The van der Waals surface area contributed by atoms with Gasteiger partial charge in [0, 0.05) is 15.8 Å². The zero-order valence-corrected chi connectivity index (χ0v) is 20.4. The quantitative estimate of drug-likeness (QED) is 0.439. The number of anilines is 3. The first-order valence-corrected chi connectivity index (χ1v) is 13.5. The molecule has 3 rings (SSSR count). The predicted molar refractivity (Wildman–Crippen MR) is 129 cm³/mol. The summed E-state index contributed by atoms with van der Waals surface area (Å²) in [5.74, 6) is -1.20. The van der Waals surface area contributed by atoms with Crippen molar-refractivity contribution in [1.82, 2.24) is 0 Å². The molecule has 0 radical (unpaired) electrons. The van der Waals surface area contributed by atoms with Crippen LogP contribution in [0.4, 0.5) is 21.5 Å². The number of amides is 1. The standard InChI is InChI=1S/C21H19BrFN3O5S2/c1-32(28,29)26(19-10-4-16(23)5-11-19)14-21(27)24-17-8-12-20(13-9-17)33(30,31)25-18-6-2-15(22)3-7-18/h2-13,25H,14H2,1H3,(H,24,27). The Bertz CT molecular complexity index is 1350. The molecule has 0 bridgehead atoms. The summed E-state index contributed by atoms with van der Waals surface area (Å²) in [6.07, 6.45) is 0.932. The number of halogens is 2. The Labute approximate surface area is 199 Å². The van der Waals surface area contributed by atoms with Gasteiger partial charge in [0.25, 0.3) is 10.0 Å². The van der Waals surface area contributed by atoms with Crippen LogP contribution in [0.1, 0.15) is 0 Å². The third-order valence-corrected chi connectivity index (χ3v) is 7.41. The number of sulfonamides is 2. The Balaban J connectivity index is 1.70. The molecule has 3 aromatic rings. The van der Waals surface area contributed by atoms with Gasteiger partial charge in [-0.05, 0) is 72.8 Å². The van der Waals surface area contributed by atoms with Gasteiger partial charge in [-0.15, -0.1) is 0 Å². The fourth-order valence-corrected chi connectivity index (χ4v) is 4.97. The fourth-order valence-electron chi connectivity index (χ4n) is 2.79. The minimum atomic E-state index is -3.85. The molecule has 174 valence electrons. The molecule has 0 aliphatic rings. The topological polar surface area (TPSA) is 113 Å². The van der Waals surface area contributed by atoms with Crippen molar-refractivity contribution < 1.29 is 26.0 Å². The van der Waals surface area contributed by atoms with Crippen molar-refractivity contribution in [3.63, 3.8) is 0 Å². The zero-order chi connectivity index (χ0) is 24.2. The largest absolute Gasteiger partial charge is 0.325 e. The van der Waals surface area contributed by atoms with Gasteiger partial charge in [-0.3, -0.25) is 13.8 Å². The summed E-state index contributed by atoms with van der Waals surface area (Å²) in [6.45, 7) is -0.546. The van der Waals surface area contributed by atoms with E-state index in [-0.39, 0.29) is 16.3 Å². The summed E-state index contributed by atoms with van der Waals surface area (Å²) in [4.78, 5) is 12.4. The van der Waals surface area contributed by atoms with Crippen LogP contribution in [-0.4, -0.2) is 35.5 Å². The highest BCUT2D eigenvalue weighted by atomic mass is 79.9. The normalized spacial score (nSPS) is 11.6. The lowest BCUT2D eigenvalue weighted by Gasteiger charge is -2.21. The van der Waals surface area contributed by atoms with Crippen LogP contribution in [0.5, 0.6) is 0 Å². The number of rotatable bonds is 8. The first-order chi connectivity index (χ1) is 15.4. The molecular formula is C21H19BrFN3O5S2. The van der Waals surface area contributed by atoms with E-state index in [0.29, 0.717) is 5.69 Å². The molecule has 0 saturated carbocycles. The van der Waals surface area contributed by atoms with Crippen molar-refractivity contribution in [2.45, 2.75) is 4.90 Å².